The first-order valence-electron chi connectivity index (χ1n) is 11.7. The number of thiophene rings is 1. The second kappa shape index (κ2) is 11.6. The van der Waals surface area contributed by atoms with Gasteiger partial charge in [0, 0.05) is 17.8 Å². The summed E-state index contributed by atoms with van der Waals surface area (Å²) >= 11 is 7.39. The van der Waals surface area contributed by atoms with Crippen LogP contribution in [0.5, 0.6) is 5.75 Å². The molecule has 1 heterocycles. The summed E-state index contributed by atoms with van der Waals surface area (Å²) in [5.74, 6) is -2.38. The van der Waals surface area contributed by atoms with Crippen molar-refractivity contribution in [1.29, 1.82) is 0 Å². The van der Waals surface area contributed by atoms with Gasteiger partial charge in [0.05, 0.1) is 4.88 Å². The standard InChI is InChI=1S/C27H26ClNO6S/c28-22-23(35-16-21(30)31)25(27(33)34)36-24(22)19-12-7-13-20(14-19)29(15-17-8-3-1-4-9-17)26(32)18-10-5-2-6-11-18/h2,5-7,10-14,17H,1,3-4,8-9,15-16H2,(H,30,31)(H,33,34). The zero-order valence-corrected chi connectivity index (χ0v) is 21.1. The third kappa shape index (κ3) is 5.88. The van der Waals surface area contributed by atoms with Crippen molar-refractivity contribution in [3.05, 3.63) is 70.1 Å². The van der Waals surface area contributed by atoms with Gasteiger partial charge in [0.2, 0.25) is 0 Å². The third-order valence-electron chi connectivity index (χ3n) is 6.19. The summed E-state index contributed by atoms with van der Waals surface area (Å²) in [5, 5.41) is 18.6. The molecule has 36 heavy (non-hydrogen) atoms. The molecule has 0 radical (unpaired) electrons. The van der Waals surface area contributed by atoms with Crippen molar-refractivity contribution in [1.82, 2.24) is 0 Å². The van der Waals surface area contributed by atoms with E-state index in [-0.39, 0.29) is 21.6 Å². The van der Waals surface area contributed by atoms with E-state index in [1.807, 2.05) is 30.3 Å². The third-order valence-corrected chi connectivity index (χ3v) is 7.88. The van der Waals surface area contributed by atoms with Gasteiger partial charge >= 0.3 is 11.9 Å². The van der Waals surface area contributed by atoms with Crippen LogP contribution in [-0.4, -0.2) is 41.2 Å². The van der Waals surface area contributed by atoms with Crippen LogP contribution < -0.4 is 9.64 Å². The van der Waals surface area contributed by atoms with Crippen molar-refractivity contribution in [3.8, 4) is 16.2 Å². The number of benzene rings is 2. The molecular formula is C27H26ClNO6S. The van der Waals surface area contributed by atoms with Crippen LogP contribution in [0.15, 0.2) is 54.6 Å². The Morgan fingerprint density at radius 3 is 2.39 bits per heavy atom. The normalized spacial score (nSPS) is 13.8. The van der Waals surface area contributed by atoms with E-state index in [1.165, 1.54) is 6.42 Å². The van der Waals surface area contributed by atoms with E-state index in [0.29, 0.717) is 34.2 Å². The number of carboxylic acid groups (broad SMARTS) is 2. The second-order valence-corrected chi connectivity index (χ2v) is 10.1. The number of amides is 1. The molecule has 4 rings (SSSR count). The lowest BCUT2D eigenvalue weighted by Crippen LogP contribution is -2.36. The van der Waals surface area contributed by atoms with E-state index in [9.17, 15) is 19.5 Å². The average molecular weight is 528 g/mol. The fraction of sp³-hybridized carbons (Fsp3) is 0.296. The quantitative estimate of drug-likeness (QED) is 0.331. The maximum atomic E-state index is 13.6. The monoisotopic (exact) mass is 527 g/mol. The number of halogens is 1. The van der Waals surface area contributed by atoms with E-state index in [4.69, 9.17) is 21.4 Å². The zero-order valence-electron chi connectivity index (χ0n) is 19.5. The second-order valence-electron chi connectivity index (χ2n) is 8.73. The van der Waals surface area contributed by atoms with Crippen LogP contribution in [-0.2, 0) is 4.79 Å². The van der Waals surface area contributed by atoms with Crippen LogP contribution in [0.25, 0.3) is 10.4 Å². The first kappa shape index (κ1) is 25.7. The van der Waals surface area contributed by atoms with Crippen molar-refractivity contribution in [2.24, 2.45) is 5.92 Å². The summed E-state index contributed by atoms with van der Waals surface area (Å²) in [7, 11) is 0. The molecule has 9 heteroatoms. The summed E-state index contributed by atoms with van der Waals surface area (Å²) in [5.41, 5.74) is 1.89. The highest BCUT2D eigenvalue weighted by atomic mass is 35.5. The Kier molecular flexibility index (Phi) is 8.28. The molecule has 0 unspecified atom stereocenters. The molecule has 2 aromatic carbocycles. The molecule has 7 nitrogen and oxygen atoms in total. The number of carbonyl (C=O) groups is 3. The SMILES string of the molecule is O=C(O)COc1c(C(=O)O)sc(-c2cccc(N(CC3CCCCC3)C(=O)c3ccccc3)c2)c1Cl. The van der Waals surface area contributed by atoms with Crippen LogP contribution in [0.3, 0.4) is 0 Å². The van der Waals surface area contributed by atoms with Crippen molar-refractivity contribution in [2.75, 3.05) is 18.1 Å². The molecule has 0 spiro atoms. The summed E-state index contributed by atoms with van der Waals surface area (Å²) in [6, 6.07) is 16.4. The van der Waals surface area contributed by atoms with Crippen molar-refractivity contribution < 1.29 is 29.3 Å². The highest BCUT2D eigenvalue weighted by Crippen LogP contribution is 2.46. The number of nitrogens with zero attached hydrogens (tertiary/aromatic N) is 1. The Morgan fingerprint density at radius 1 is 1.00 bits per heavy atom. The molecule has 3 aromatic rings. The minimum absolute atomic E-state index is 0.0315. The molecule has 1 fully saturated rings. The van der Waals surface area contributed by atoms with Crippen molar-refractivity contribution >= 4 is 46.5 Å². The summed E-state index contributed by atoms with van der Waals surface area (Å²) in [4.78, 5) is 38.4. The van der Waals surface area contributed by atoms with E-state index < -0.39 is 18.5 Å². The van der Waals surface area contributed by atoms with Crippen LogP contribution >= 0.6 is 22.9 Å². The molecule has 2 N–H and O–H groups in total. The lowest BCUT2D eigenvalue weighted by molar-refractivity contribution is -0.139. The number of hydrogen-bond acceptors (Lipinski definition) is 5. The Balaban J connectivity index is 1.72. The number of carboxylic acids is 2. The van der Waals surface area contributed by atoms with Crippen LogP contribution in [0.2, 0.25) is 5.02 Å². The predicted octanol–water partition coefficient (Wildman–Crippen LogP) is 6.46. The molecule has 0 saturated heterocycles. The maximum absolute atomic E-state index is 13.6. The van der Waals surface area contributed by atoms with E-state index in [1.54, 1.807) is 29.2 Å². The summed E-state index contributed by atoms with van der Waals surface area (Å²) < 4.78 is 5.20. The molecular weight excluding hydrogens is 502 g/mol. The molecule has 1 aliphatic carbocycles. The minimum Gasteiger partial charge on any atom is -0.479 e. The Bertz CT molecular complexity index is 1250. The van der Waals surface area contributed by atoms with Crippen LogP contribution in [0, 0.1) is 5.92 Å². The number of ether oxygens (including phenoxy) is 1. The number of aliphatic carboxylic acids is 1. The largest absolute Gasteiger partial charge is 0.479 e. The van der Waals surface area contributed by atoms with Gasteiger partial charge in [-0.3, -0.25) is 4.79 Å². The van der Waals surface area contributed by atoms with Gasteiger partial charge in [0.15, 0.2) is 17.2 Å². The molecule has 1 saturated carbocycles. The maximum Gasteiger partial charge on any atom is 0.349 e. The fourth-order valence-electron chi connectivity index (χ4n) is 4.47. The van der Waals surface area contributed by atoms with Crippen LogP contribution in [0.4, 0.5) is 5.69 Å². The van der Waals surface area contributed by atoms with E-state index in [2.05, 4.69) is 0 Å². The molecule has 0 aliphatic heterocycles. The predicted molar refractivity (Wildman–Crippen MR) is 140 cm³/mol. The number of rotatable bonds is 9. The highest BCUT2D eigenvalue weighted by Gasteiger charge is 2.27. The number of hydrogen-bond donors (Lipinski definition) is 2. The number of anilines is 1. The van der Waals surface area contributed by atoms with E-state index in [0.717, 1.165) is 37.0 Å². The van der Waals surface area contributed by atoms with Gasteiger partial charge in [-0.15, -0.1) is 11.3 Å². The van der Waals surface area contributed by atoms with E-state index >= 15 is 0 Å². The van der Waals surface area contributed by atoms with Gasteiger partial charge in [-0.25, -0.2) is 9.59 Å². The first-order valence-corrected chi connectivity index (χ1v) is 12.9. The lowest BCUT2D eigenvalue weighted by Gasteiger charge is -2.30. The van der Waals surface area contributed by atoms with Crippen molar-refractivity contribution in [3.63, 3.8) is 0 Å². The molecule has 0 atom stereocenters. The average Bonchev–Trinajstić information content (AvgIpc) is 3.23. The van der Waals surface area contributed by atoms with Gasteiger partial charge in [-0.1, -0.05) is 61.2 Å². The molecule has 1 amide bonds. The van der Waals surface area contributed by atoms with Gasteiger partial charge in [-0.05, 0) is 48.6 Å². The molecule has 0 bridgehead atoms. The zero-order chi connectivity index (χ0) is 25.7. The highest BCUT2D eigenvalue weighted by molar-refractivity contribution is 7.18. The Hall–Kier alpha value is -3.36. The molecule has 1 aliphatic rings. The Labute approximate surface area is 217 Å². The number of carbonyl (C=O) groups excluding carboxylic acids is 1. The smallest absolute Gasteiger partial charge is 0.349 e. The van der Waals surface area contributed by atoms with Crippen LogP contribution in [0.1, 0.15) is 52.1 Å². The summed E-state index contributed by atoms with van der Waals surface area (Å²) in [6.07, 6.45) is 5.66. The molecule has 188 valence electrons. The summed E-state index contributed by atoms with van der Waals surface area (Å²) in [6.45, 7) is -0.125. The number of aromatic carboxylic acids is 1. The fourth-order valence-corrected chi connectivity index (χ4v) is 5.87. The molecule has 1 aromatic heterocycles. The van der Waals surface area contributed by atoms with Crippen molar-refractivity contribution in [2.45, 2.75) is 32.1 Å². The minimum atomic E-state index is -1.26. The Morgan fingerprint density at radius 2 is 1.72 bits per heavy atom. The van der Waals surface area contributed by atoms with Gasteiger partial charge < -0.3 is 19.8 Å². The topological polar surface area (TPSA) is 104 Å². The first-order chi connectivity index (χ1) is 17.3. The lowest BCUT2D eigenvalue weighted by atomic mass is 9.88. The van der Waals surface area contributed by atoms with Gasteiger partial charge in [-0.2, -0.15) is 0 Å². The van der Waals surface area contributed by atoms with Gasteiger partial charge in [0.25, 0.3) is 5.91 Å². The van der Waals surface area contributed by atoms with Gasteiger partial charge in [0.1, 0.15) is 5.02 Å².